The second-order valence-electron chi connectivity index (χ2n) is 5.37. The van der Waals surface area contributed by atoms with Gasteiger partial charge in [0.25, 0.3) is 0 Å². The van der Waals surface area contributed by atoms with Crippen molar-refractivity contribution in [3.63, 3.8) is 0 Å². The van der Waals surface area contributed by atoms with Gasteiger partial charge in [-0.15, -0.1) is 0 Å². The molecule has 0 bridgehead atoms. The van der Waals surface area contributed by atoms with Crippen molar-refractivity contribution in [3.05, 3.63) is 21.8 Å². The molecule has 1 aliphatic heterocycles. The molecule has 0 saturated carbocycles. The van der Waals surface area contributed by atoms with Gasteiger partial charge in [0, 0.05) is 0 Å². The number of amidine groups is 1. The van der Waals surface area contributed by atoms with Crippen molar-refractivity contribution in [1.82, 2.24) is 4.90 Å². The average Bonchev–Trinajstić information content (AvgIpc) is 2.61. The quantitative estimate of drug-likeness (QED) is 0.296. The predicted molar refractivity (Wildman–Crippen MR) is 85.3 cm³/mol. The van der Waals surface area contributed by atoms with Crippen molar-refractivity contribution in [2.75, 3.05) is 13.3 Å². The summed E-state index contributed by atoms with van der Waals surface area (Å²) in [6.07, 6.45) is 1.95. The number of aliphatic imine (C=N–C) groups is 1. The van der Waals surface area contributed by atoms with Crippen LogP contribution in [-0.2, 0) is 24.1 Å². The van der Waals surface area contributed by atoms with Gasteiger partial charge in [-0.1, -0.05) is 0 Å². The van der Waals surface area contributed by atoms with E-state index in [1.165, 1.54) is 19.4 Å². The van der Waals surface area contributed by atoms with E-state index in [0.717, 1.165) is 28.7 Å². The van der Waals surface area contributed by atoms with Crippen LogP contribution in [0.5, 0.6) is 0 Å². The molecule has 0 aromatic heterocycles. The Kier molecular flexibility index (Phi) is 7.40. The van der Waals surface area contributed by atoms with Crippen LogP contribution in [0, 0.1) is 0 Å². The zero-order valence-corrected chi connectivity index (χ0v) is 17.6. The Morgan fingerprint density at radius 1 is 1.53 bits per heavy atom. The summed E-state index contributed by atoms with van der Waals surface area (Å²) in [7, 11) is -1.04. The molecular formula is C12H18BrClN2OSiW. The summed E-state index contributed by atoms with van der Waals surface area (Å²) in [5.41, 5.74) is 2.45. The summed E-state index contributed by atoms with van der Waals surface area (Å²) in [6.45, 7) is 8.33. The molecule has 0 aromatic carbocycles. The minimum atomic E-state index is -1.04. The third-order valence-electron chi connectivity index (χ3n) is 2.56. The van der Waals surface area contributed by atoms with Gasteiger partial charge in [-0.2, -0.15) is 0 Å². The van der Waals surface area contributed by atoms with Crippen LogP contribution in [0.2, 0.25) is 25.7 Å². The molecule has 106 valence electrons. The van der Waals surface area contributed by atoms with Gasteiger partial charge < -0.3 is 0 Å². The fourth-order valence-corrected chi connectivity index (χ4v) is 3.25. The SMILES string of the molecule is C[Si](C)(C)CCOCN1C(Br)=CC(=CCl)C1=N[CH]=[W]. The molecule has 3 nitrogen and oxygen atoms in total. The van der Waals surface area contributed by atoms with E-state index in [4.69, 9.17) is 16.3 Å². The van der Waals surface area contributed by atoms with Crippen LogP contribution < -0.4 is 0 Å². The number of hydrogen-bond acceptors (Lipinski definition) is 2. The second-order valence-corrected chi connectivity index (χ2v) is 12.8. The second kappa shape index (κ2) is 8.03. The maximum absolute atomic E-state index is 5.81. The first-order valence-electron chi connectivity index (χ1n) is 5.94. The van der Waals surface area contributed by atoms with Crippen molar-refractivity contribution in [2.45, 2.75) is 25.7 Å². The van der Waals surface area contributed by atoms with E-state index in [9.17, 15) is 0 Å². The Morgan fingerprint density at radius 2 is 2.21 bits per heavy atom. The molecule has 0 N–H and O–H groups in total. The Bertz CT molecular complexity index is 432. The Morgan fingerprint density at radius 3 is 2.74 bits per heavy atom. The first kappa shape index (κ1) is 17.5. The molecule has 7 heteroatoms. The molecule has 0 aliphatic carbocycles. The Hall–Kier alpha value is 0.455. The van der Waals surface area contributed by atoms with Crippen LogP contribution in [-0.4, -0.2) is 36.7 Å². The Balaban J connectivity index is 2.59. The van der Waals surface area contributed by atoms with E-state index in [2.05, 4.69) is 40.6 Å². The molecule has 0 amide bonds. The van der Waals surface area contributed by atoms with E-state index in [1.54, 1.807) is 5.54 Å². The summed E-state index contributed by atoms with van der Waals surface area (Å²) < 4.78 is 8.54. The summed E-state index contributed by atoms with van der Waals surface area (Å²) in [5, 5.41) is 0. The van der Waals surface area contributed by atoms with Gasteiger partial charge >= 0.3 is 141 Å². The summed E-state index contributed by atoms with van der Waals surface area (Å²) in [6, 6.07) is 1.16. The molecule has 0 aromatic rings. The third-order valence-corrected chi connectivity index (χ3v) is 5.53. The van der Waals surface area contributed by atoms with Crippen molar-refractivity contribution < 1.29 is 24.1 Å². The van der Waals surface area contributed by atoms with Crippen LogP contribution in [0.1, 0.15) is 0 Å². The summed E-state index contributed by atoms with van der Waals surface area (Å²) in [5.74, 6) is 0.838. The Labute approximate surface area is 140 Å². The van der Waals surface area contributed by atoms with Gasteiger partial charge in [0.05, 0.1) is 0 Å². The van der Waals surface area contributed by atoms with Crippen molar-refractivity contribution in [2.24, 2.45) is 4.99 Å². The summed E-state index contributed by atoms with van der Waals surface area (Å²) >= 11 is 10.6. The fraction of sp³-hybridized carbons (Fsp3) is 0.500. The molecule has 0 fully saturated rings. The van der Waals surface area contributed by atoms with Crippen molar-refractivity contribution in [1.29, 1.82) is 0 Å². The van der Waals surface area contributed by atoms with Gasteiger partial charge in [0.15, 0.2) is 0 Å². The van der Waals surface area contributed by atoms with E-state index in [1.807, 2.05) is 15.5 Å². The monoisotopic (exact) mass is 532 g/mol. The maximum atomic E-state index is 5.81. The predicted octanol–water partition coefficient (Wildman–Crippen LogP) is 3.68. The first-order chi connectivity index (χ1) is 8.89. The number of ether oxygens (including phenoxy) is 1. The standard InChI is InChI=1S/C12H18BrClN2OSi.W/c1-15-12-10(8-14)7-11(13)16(12)9-17-5-6-18(2,3)4;/h1,7-8H,5-6,9H2,2-4H3;. The van der Waals surface area contributed by atoms with Crippen LogP contribution >= 0.6 is 27.5 Å². The third kappa shape index (κ3) is 5.76. The molecule has 1 aliphatic rings. The van der Waals surface area contributed by atoms with Gasteiger partial charge in [0.2, 0.25) is 0 Å². The molecule has 0 unspecified atom stereocenters. The van der Waals surface area contributed by atoms with Crippen LogP contribution in [0.15, 0.2) is 26.8 Å². The molecule has 1 heterocycles. The zero-order chi connectivity index (χ0) is 14.5. The zero-order valence-electron chi connectivity index (χ0n) is 11.3. The van der Waals surface area contributed by atoms with Crippen LogP contribution in [0.3, 0.4) is 0 Å². The van der Waals surface area contributed by atoms with Crippen LogP contribution in [0.4, 0.5) is 0 Å². The van der Waals surface area contributed by atoms with Crippen molar-refractivity contribution in [3.8, 4) is 0 Å². The molecule has 0 atom stereocenters. The van der Waals surface area contributed by atoms with Gasteiger partial charge in [-0.05, 0) is 0 Å². The number of nitrogens with zero attached hydrogens (tertiary/aromatic N) is 2. The molecule has 1 rings (SSSR count). The van der Waals surface area contributed by atoms with Crippen molar-refractivity contribution >= 4 is 46.0 Å². The topological polar surface area (TPSA) is 24.8 Å². The molecule has 0 spiro atoms. The molecule has 0 saturated heterocycles. The van der Waals surface area contributed by atoms with E-state index in [0.29, 0.717) is 6.73 Å². The molecule has 0 radical (unpaired) electrons. The van der Waals surface area contributed by atoms with Gasteiger partial charge in [0.1, 0.15) is 0 Å². The van der Waals surface area contributed by atoms with Crippen LogP contribution in [0.25, 0.3) is 0 Å². The average molecular weight is 534 g/mol. The van der Waals surface area contributed by atoms with E-state index in [-0.39, 0.29) is 0 Å². The van der Waals surface area contributed by atoms with E-state index >= 15 is 0 Å². The number of halogens is 2. The summed E-state index contributed by atoms with van der Waals surface area (Å²) in [4.78, 5) is 6.37. The molecule has 19 heavy (non-hydrogen) atoms. The van der Waals surface area contributed by atoms with Gasteiger partial charge in [-0.25, -0.2) is 0 Å². The fourth-order valence-electron chi connectivity index (χ4n) is 1.46. The van der Waals surface area contributed by atoms with E-state index < -0.39 is 8.07 Å². The first-order valence-corrected chi connectivity index (χ1v) is 12.6. The number of rotatable bonds is 6. The van der Waals surface area contributed by atoms with Gasteiger partial charge in [-0.3, -0.25) is 0 Å². The minimum absolute atomic E-state index is 0.498. The number of hydrogen-bond donors (Lipinski definition) is 0. The molecular weight excluding hydrogens is 515 g/mol. The normalized spacial score (nSPS) is 20.3.